The molecule has 1 aromatic carbocycles. The van der Waals surface area contributed by atoms with Gasteiger partial charge >= 0.3 is 0 Å². The number of benzene rings is 1. The molecule has 0 bridgehead atoms. The minimum Gasteiger partial charge on any atom is -0.381 e. The third kappa shape index (κ3) is 1.98. The minimum atomic E-state index is 0.435. The maximum Gasteiger partial charge on any atom is 0.166 e. The summed E-state index contributed by atoms with van der Waals surface area (Å²) in [6, 6.07) is 8.20. The van der Waals surface area contributed by atoms with Crippen LogP contribution in [0.5, 0.6) is 0 Å². The van der Waals surface area contributed by atoms with Gasteiger partial charge in [-0.1, -0.05) is 31.2 Å². The molecule has 0 radical (unpaired) electrons. The molecule has 0 aliphatic rings. The predicted octanol–water partition coefficient (Wildman–Crippen LogP) is 1.97. The molecule has 0 spiro atoms. The second-order valence-corrected chi connectivity index (χ2v) is 3.84. The highest BCUT2D eigenvalue weighted by Crippen LogP contribution is 2.17. The summed E-state index contributed by atoms with van der Waals surface area (Å²) in [5, 5.41) is 7.69. The Hall–Kier alpha value is -1.84. The number of nitrogen functional groups attached to an aromatic ring is 1. The molecule has 2 N–H and O–H groups in total. The van der Waals surface area contributed by atoms with E-state index in [0.29, 0.717) is 11.7 Å². The van der Waals surface area contributed by atoms with Gasteiger partial charge in [0.25, 0.3) is 0 Å². The van der Waals surface area contributed by atoms with Crippen LogP contribution in [0.3, 0.4) is 0 Å². The van der Waals surface area contributed by atoms with E-state index >= 15 is 0 Å². The van der Waals surface area contributed by atoms with Crippen molar-refractivity contribution in [2.75, 3.05) is 5.73 Å². The Kier molecular flexibility index (Phi) is 2.41. The first kappa shape index (κ1) is 9.71. The van der Waals surface area contributed by atoms with Gasteiger partial charge in [0.1, 0.15) is 0 Å². The van der Waals surface area contributed by atoms with Crippen LogP contribution in [0.2, 0.25) is 0 Å². The van der Waals surface area contributed by atoms with Crippen LogP contribution < -0.4 is 5.73 Å². The predicted molar refractivity (Wildman–Crippen MR) is 59.9 cm³/mol. The molecular weight excluding hydrogens is 188 g/mol. The first-order valence-corrected chi connectivity index (χ1v) is 4.95. The Balaban J connectivity index is 2.41. The molecule has 0 aliphatic carbocycles. The van der Waals surface area contributed by atoms with Crippen LogP contribution in [0.25, 0.3) is 5.69 Å². The highest BCUT2D eigenvalue weighted by molar-refractivity contribution is 5.38. The summed E-state index contributed by atoms with van der Waals surface area (Å²) in [5.41, 5.74) is 7.79. The highest BCUT2D eigenvalue weighted by atomic mass is 15.4. The topological polar surface area (TPSA) is 56.7 Å². The van der Waals surface area contributed by atoms with Crippen molar-refractivity contribution >= 4 is 5.82 Å². The molecule has 4 heteroatoms. The average Bonchev–Trinajstić information content (AvgIpc) is 2.65. The third-order valence-corrected chi connectivity index (χ3v) is 2.31. The SMILES string of the molecule is CC(C)c1cccc(-n2cc(N)nn2)c1. The van der Waals surface area contributed by atoms with Crippen molar-refractivity contribution in [2.45, 2.75) is 19.8 Å². The van der Waals surface area contributed by atoms with Gasteiger partial charge in [0.2, 0.25) is 0 Å². The van der Waals surface area contributed by atoms with Gasteiger partial charge in [-0.2, -0.15) is 0 Å². The van der Waals surface area contributed by atoms with Crippen LogP contribution >= 0.6 is 0 Å². The van der Waals surface area contributed by atoms with Crippen molar-refractivity contribution in [3.63, 3.8) is 0 Å². The number of hydrogen-bond donors (Lipinski definition) is 1. The molecule has 0 saturated carbocycles. The molecule has 4 nitrogen and oxygen atoms in total. The Labute approximate surface area is 88.7 Å². The van der Waals surface area contributed by atoms with E-state index in [9.17, 15) is 0 Å². The summed E-state index contributed by atoms with van der Waals surface area (Å²) in [4.78, 5) is 0. The second kappa shape index (κ2) is 3.73. The summed E-state index contributed by atoms with van der Waals surface area (Å²) < 4.78 is 1.68. The van der Waals surface area contributed by atoms with Crippen LogP contribution in [0, 0.1) is 0 Å². The number of nitrogens with two attached hydrogens (primary N) is 1. The Morgan fingerprint density at radius 3 is 2.73 bits per heavy atom. The molecule has 0 fully saturated rings. The molecule has 2 rings (SSSR count). The summed E-state index contributed by atoms with van der Waals surface area (Å²) >= 11 is 0. The molecule has 0 amide bonds. The number of rotatable bonds is 2. The zero-order chi connectivity index (χ0) is 10.8. The first-order valence-electron chi connectivity index (χ1n) is 4.95. The molecule has 2 aromatic rings. The van der Waals surface area contributed by atoms with Crippen molar-refractivity contribution in [1.29, 1.82) is 0 Å². The molecule has 15 heavy (non-hydrogen) atoms. The fourth-order valence-corrected chi connectivity index (χ4v) is 1.43. The van der Waals surface area contributed by atoms with Crippen molar-refractivity contribution in [3.05, 3.63) is 36.0 Å². The second-order valence-electron chi connectivity index (χ2n) is 3.84. The van der Waals surface area contributed by atoms with E-state index in [-0.39, 0.29) is 0 Å². The van der Waals surface area contributed by atoms with Gasteiger partial charge in [-0.3, -0.25) is 0 Å². The standard InChI is InChI=1S/C11H14N4/c1-8(2)9-4-3-5-10(6-9)15-7-11(12)13-14-15/h3-8H,12H2,1-2H3. The van der Waals surface area contributed by atoms with E-state index in [4.69, 9.17) is 5.73 Å². The molecule has 1 heterocycles. The first-order chi connectivity index (χ1) is 7.16. The lowest BCUT2D eigenvalue weighted by molar-refractivity contribution is 0.796. The molecule has 0 saturated heterocycles. The van der Waals surface area contributed by atoms with E-state index < -0.39 is 0 Å². The fraction of sp³-hybridized carbons (Fsp3) is 0.273. The van der Waals surface area contributed by atoms with Crippen LogP contribution in [-0.4, -0.2) is 15.0 Å². The summed E-state index contributed by atoms with van der Waals surface area (Å²) in [6.45, 7) is 4.32. The van der Waals surface area contributed by atoms with E-state index in [1.54, 1.807) is 10.9 Å². The Bertz CT molecular complexity index is 459. The quantitative estimate of drug-likeness (QED) is 0.810. The molecule has 0 aliphatic heterocycles. The van der Waals surface area contributed by atoms with Gasteiger partial charge in [-0.15, -0.1) is 5.10 Å². The number of aromatic nitrogens is 3. The summed E-state index contributed by atoms with van der Waals surface area (Å²) in [5.74, 6) is 0.941. The van der Waals surface area contributed by atoms with Crippen molar-refractivity contribution in [1.82, 2.24) is 15.0 Å². The number of anilines is 1. The lowest BCUT2D eigenvalue weighted by Gasteiger charge is -2.07. The smallest absolute Gasteiger partial charge is 0.166 e. The largest absolute Gasteiger partial charge is 0.381 e. The molecule has 0 unspecified atom stereocenters. The fourth-order valence-electron chi connectivity index (χ4n) is 1.43. The number of nitrogens with zero attached hydrogens (tertiary/aromatic N) is 3. The molecule has 78 valence electrons. The number of hydrogen-bond acceptors (Lipinski definition) is 3. The van der Waals surface area contributed by atoms with Gasteiger partial charge in [-0.25, -0.2) is 4.68 Å². The maximum absolute atomic E-state index is 5.52. The third-order valence-electron chi connectivity index (χ3n) is 2.31. The van der Waals surface area contributed by atoms with E-state index in [1.807, 2.05) is 12.1 Å². The van der Waals surface area contributed by atoms with E-state index in [0.717, 1.165) is 5.69 Å². The van der Waals surface area contributed by atoms with Crippen LogP contribution in [0.4, 0.5) is 5.82 Å². The monoisotopic (exact) mass is 202 g/mol. The molecular formula is C11H14N4. The average molecular weight is 202 g/mol. The van der Waals surface area contributed by atoms with Gasteiger partial charge < -0.3 is 5.73 Å². The zero-order valence-electron chi connectivity index (χ0n) is 8.88. The maximum atomic E-state index is 5.52. The van der Waals surface area contributed by atoms with Gasteiger partial charge in [0.15, 0.2) is 5.82 Å². The summed E-state index contributed by atoms with van der Waals surface area (Å²) in [6.07, 6.45) is 1.71. The molecule has 0 atom stereocenters. The summed E-state index contributed by atoms with van der Waals surface area (Å²) in [7, 11) is 0. The lowest BCUT2D eigenvalue weighted by atomic mass is 10.0. The highest BCUT2D eigenvalue weighted by Gasteiger charge is 2.03. The minimum absolute atomic E-state index is 0.435. The lowest BCUT2D eigenvalue weighted by Crippen LogP contribution is -1.97. The molecule has 1 aromatic heterocycles. The van der Waals surface area contributed by atoms with Crippen LogP contribution in [-0.2, 0) is 0 Å². The van der Waals surface area contributed by atoms with Crippen molar-refractivity contribution < 1.29 is 0 Å². The van der Waals surface area contributed by atoms with Gasteiger partial charge in [-0.05, 0) is 23.6 Å². The Morgan fingerprint density at radius 1 is 1.33 bits per heavy atom. The van der Waals surface area contributed by atoms with Crippen LogP contribution in [0.15, 0.2) is 30.5 Å². The van der Waals surface area contributed by atoms with Crippen LogP contribution in [0.1, 0.15) is 25.3 Å². The normalized spacial score (nSPS) is 10.9. The zero-order valence-corrected chi connectivity index (χ0v) is 8.88. The Morgan fingerprint density at radius 2 is 2.13 bits per heavy atom. The van der Waals surface area contributed by atoms with Gasteiger partial charge in [0, 0.05) is 0 Å². The van der Waals surface area contributed by atoms with Gasteiger partial charge in [0.05, 0.1) is 11.9 Å². The van der Waals surface area contributed by atoms with Crippen molar-refractivity contribution in [2.24, 2.45) is 0 Å². The van der Waals surface area contributed by atoms with E-state index in [1.165, 1.54) is 5.56 Å². The van der Waals surface area contributed by atoms with Crippen molar-refractivity contribution in [3.8, 4) is 5.69 Å². The van der Waals surface area contributed by atoms with E-state index in [2.05, 4.69) is 36.3 Å².